The number of piperidine rings is 1. The highest BCUT2D eigenvalue weighted by atomic mass is 15.2. The fraction of sp³-hybridized carbons (Fsp3) is 1.00. The number of nitrogens with one attached hydrogen (secondary N) is 1. The SMILES string of the molecule is CCN(CC12CC3CC(CC(C3)C1)C2)C1CCNCC1. The van der Waals surface area contributed by atoms with Gasteiger partial charge in [0.25, 0.3) is 0 Å². The van der Waals surface area contributed by atoms with Gasteiger partial charge in [-0.05, 0) is 94.2 Å². The standard InChI is InChI=1S/C18H32N2/c1-2-20(17-3-5-19-6-4-17)13-18-10-14-7-15(11-18)9-16(8-14)12-18/h14-17,19H,2-13H2,1H3. The highest BCUT2D eigenvalue weighted by molar-refractivity contribution is 5.03. The summed E-state index contributed by atoms with van der Waals surface area (Å²) in [4.78, 5) is 2.87. The Morgan fingerprint density at radius 1 is 0.950 bits per heavy atom. The first-order valence-electron chi connectivity index (χ1n) is 9.21. The molecule has 1 heterocycles. The van der Waals surface area contributed by atoms with Gasteiger partial charge in [0.15, 0.2) is 0 Å². The number of nitrogens with zero attached hydrogens (tertiary/aromatic N) is 1. The fourth-order valence-electron chi connectivity index (χ4n) is 6.59. The van der Waals surface area contributed by atoms with Crippen LogP contribution < -0.4 is 5.32 Å². The molecule has 0 aromatic carbocycles. The van der Waals surface area contributed by atoms with Gasteiger partial charge in [0.2, 0.25) is 0 Å². The Labute approximate surface area is 124 Å². The van der Waals surface area contributed by atoms with Crippen LogP contribution >= 0.6 is 0 Å². The van der Waals surface area contributed by atoms with E-state index in [2.05, 4.69) is 17.1 Å². The zero-order chi connectivity index (χ0) is 13.6. The summed E-state index contributed by atoms with van der Waals surface area (Å²) in [5.74, 6) is 3.31. The molecule has 20 heavy (non-hydrogen) atoms. The lowest BCUT2D eigenvalue weighted by atomic mass is 9.49. The Bertz CT molecular complexity index is 310. The van der Waals surface area contributed by atoms with Crippen molar-refractivity contribution in [2.45, 2.75) is 64.3 Å². The van der Waals surface area contributed by atoms with Gasteiger partial charge in [-0.2, -0.15) is 0 Å². The maximum atomic E-state index is 3.53. The molecular weight excluding hydrogens is 244 g/mol. The van der Waals surface area contributed by atoms with Crippen molar-refractivity contribution < 1.29 is 0 Å². The van der Waals surface area contributed by atoms with Crippen molar-refractivity contribution in [2.24, 2.45) is 23.2 Å². The molecule has 1 N–H and O–H groups in total. The quantitative estimate of drug-likeness (QED) is 0.848. The maximum Gasteiger partial charge on any atom is 0.0119 e. The second-order valence-electron chi connectivity index (χ2n) is 8.46. The van der Waals surface area contributed by atoms with E-state index >= 15 is 0 Å². The predicted molar refractivity (Wildman–Crippen MR) is 83.7 cm³/mol. The van der Waals surface area contributed by atoms with E-state index in [4.69, 9.17) is 0 Å². The molecular formula is C18H32N2. The van der Waals surface area contributed by atoms with Crippen LogP contribution in [-0.4, -0.2) is 37.1 Å². The molecule has 5 aliphatic rings. The van der Waals surface area contributed by atoms with Crippen molar-refractivity contribution in [1.29, 1.82) is 0 Å². The molecule has 0 atom stereocenters. The van der Waals surface area contributed by atoms with E-state index in [1.807, 2.05) is 0 Å². The van der Waals surface area contributed by atoms with Crippen LogP contribution in [0.4, 0.5) is 0 Å². The average Bonchev–Trinajstić information content (AvgIpc) is 2.44. The van der Waals surface area contributed by atoms with Gasteiger partial charge in [-0.15, -0.1) is 0 Å². The van der Waals surface area contributed by atoms with Crippen molar-refractivity contribution in [2.75, 3.05) is 26.2 Å². The van der Waals surface area contributed by atoms with Gasteiger partial charge in [0.05, 0.1) is 0 Å². The molecule has 4 bridgehead atoms. The van der Waals surface area contributed by atoms with E-state index in [1.54, 1.807) is 38.5 Å². The normalized spacial score (nSPS) is 44.4. The van der Waals surface area contributed by atoms with Crippen molar-refractivity contribution in [3.05, 3.63) is 0 Å². The van der Waals surface area contributed by atoms with Gasteiger partial charge < -0.3 is 10.2 Å². The first kappa shape index (κ1) is 13.6. The minimum Gasteiger partial charge on any atom is -0.317 e. The zero-order valence-corrected chi connectivity index (χ0v) is 13.2. The monoisotopic (exact) mass is 276 g/mol. The molecule has 4 saturated carbocycles. The van der Waals surface area contributed by atoms with Crippen molar-refractivity contribution >= 4 is 0 Å². The van der Waals surface area contributed by atoms with Crippen molar-refractivity contribution in [3.8, 4) is 0 Å². The Morgan fingerprint density at radius 2 is 1.50 bits per heavy atom. The van der Waals surface area contributed by atoms with Crippen LogP contribution in [0.1, 0.15) is 58.3 Å². The first-order valence-corrected chi connectivity index (χ1v) is 9.21. The van der Waals surface area contributed by atoms with Crippen LogP contribution in [0.15, 0.2) is 0 Å². The predicted octanol–water partition coefficient (Wildman–Crippen LogP) is 3.28. The Hall–Kier alpha value is -0.0800. The van der Waals surface area contributed by atoms with Crippen LogP contribution in [0.2, 0.25) is 0 Å². The van der Waals surface area contributed by atoms with Crippen molar-refractivity contribution in [3.63, 3.8) is 0 Å². The zero-order valence-electron chi connectivity index (χ0n) is 13.2. The third kappa shape index (κ3) is 2.43. The Balaban J connectivity index is 1.46. The Kier molecular flexibility index (Phi) is 3.58. The maximum absolute atomic E-state index is 3.53. The summed E-state index contributed by atoms with van der Waals surface area (Å²) < 4.78 is 0. The average molecular weight is 276 g/mol. The largest absolute Gasteiger partial charge is 0.317 e. The summed E-state index contributed by atoms with van der Waals surface area (Å²) in [5, 5.41) is 3.53. The second-order valence-corrected chi connectivity index (χ2v) is 8.46. The van der Waals surface area contributed by atoms with E-state index < -0.39 is 0 Å². The third-order valence-corrected chi connectivity index (χ3v) is 6.93. The molecule has 5 fully saturated rings. The molecule has 0 radical (unpaired) electrons. The first-order chi connectivity index (χ1) is 9.76. The van der Waals surface area contributed by atoms with E-state index in [1.165, 1.54) is 39.0 Å². The van der Waals surface area contributed by atoms with Gasteiger partial charge in [0.1, 0.15) is 0 Å². The number of rotatable bonds is 4. The summed E-state index contributed by atoms with van der Waals surface area (Å²) in [5.41, 5.74) is 0.732. The van der Waals surface area contributed by atoms with Gasteiger partial charge in [0, 0.05) is 12.6 Å². The molecule has 2 heteroatoms. The topological polar surface area (TPSA) is 15.3 Å². The van der Waals surface area contributed by atoms with Crippen LogP contribution in [-0.2, 0) is 0 Å². The van der Waals surface area contributed by atoms with E-state index in [9.17, 15) is 0 Å². The highest BCUT2D eigenvalue weighted by Crippen LogP contribution is 2.60. The molecule has 4 aliphatic carbocycles. The van der Waals surface area contributed by atoms with Crippen LogP contribution in [0.3, 0.4) is 0 Å². The lowest BCUT2D eigenvalue weighted by Gasteiger charge is -2.58. The van der Waals surface area contributed by atoms with E-state index in [-0.39, 0.29) is 0 Å². The molecule has 1 saturated heterocycles. The van der Waals surface area contributed by atoms with Gasteiger partial charge in [-0.1, -0.05) is 6.92 Å². The smallest absolute Gasteiger partial charge is 0.0119 e. The molecule has 0 spiro atoms. The number of hydrogen-bond donors (Lipinski definition) is 1. The van der Waals surface area contributed by atoms with Gasteiger partial charge in [-0.25, -0.2) is 0 Å². The summed E-state index contributed by atoms with van der Waals surface area (Å²) in [7, 11) is 0. The molecule has 114 valence electrons. The fourth-order valence-corrected chi connectivity index (χ4v) is 6.59. The summed E-state index contributed by atoms with van der Waals surface area (Å²) in [6, 6.07) is 0.870. The molecule has 1 aliphatic heterocycles. The molecule has 0 aromatic heterocycles. The summed E-state index contributed by atoms with van der Waals surface area (Å²) >= 11 is 0. The van der Waals surface area contributed by atoms with Gasteiger partial charge >= 0.3 is 0 Å². The Morgan fingerprint density at radius 3 is 2.00 bits per heavy atom. The number of hydrogen-bond acceptors (Lipinski definition) is 2. The summed E-state index contributed by atoms with van der Waals surface area (Å²) in [6.07, 6.45) is 12.2. The van der Waals surface area contributed by atoms with Crippen LogP contribution in [0.25, 0.3) is 0 Å². The third-order valence-electron chi connectivity index (χ3n) is 6.93. The lowest BCUT2D eigenvalue weighted by Crippen LogP contribution is -2.54. The van der Waals surface area contributed by atoms with Crippen LogP contribution in [0.5, 0.6) is 0 Å². The van der Waals surface area contributed by atoms with E-state index in [0.717, 1.165) is 29.2 Å². The van der Waals surface area contributed by atoms with Crippen LogP contribution in [0, 0.1) is 23.2 Å². The molecule has 0 aromatic rings. The minimum absolute atomic E-state index is 0.732. The minimum atomic E-state index is 0.732. The lowest BCUT2D eigenvalue weighted by molar-refractivity contribution is -0.0752. The second kappa shape index (κ2) is 5.28. The molecule has 0 amide bonds. The summed E-state index contributed by atoms with van der Waals surface area (Å²) in [6.45, 7) is 7.57. The molecule has 5 rings (SSSR count). The van der Waals surface area contributed by atoms with Crippen molar-refractivity contribution in [1.82, 2.24) is 10.2 Å². The molecule has 0 unspecified atom stereocenters. The highest BCUT2D eigenvalue weighted by Gasteiger charge is 2.51. The van der Waals surface area contributed by atoms with E-state index in [0.29, 0.717) is 0 Å². The molecule has 2 nitrogen and oxygen atoms in total. The van der Waals surface area contributed by atoms with Gasteiger partial charge in [-0.3, -0.25) is 0 Å².